The van der Waals surface area contributed by atoms with Crippen LogP contribution in [0.4, 0.5) is 0 Å². The molecule has 0 saturated carbocycles. The van der Waals surface area contributed by atoms with Crippen LogP contribution in [0.2, 0.25) is 0 Å². The summed E-state index contributed by atoms with van der Waals surface area (Å²) in [6.45, 7) is 17.4. The molecule has 0 amide bonds. The van der Waals surface area contributed by atoms with Gasteiger partial charge in [0.25, 0.3) is 0 Å². The zero-order valence-electron chi connectivity index (χ0n) is 17.4. The number of benzene rings is 2. The van der Waals surface area contributed by atoms with Gasteiger partial charge in [-0.05, 0) is 49.9 Å². The Morgan fingerprint density at radius 2 is 1.11 bits per heavy atom. The van der Waals surface area contributed by atoms with Gasteiger partial charge in [0.05, 0.1) is 0 Å². The monoisotopic (exact) mass is 378 g/mol. The maximum atomic E-state index is 4.27. The third-order valence-corrected chi connectivity index (χ3v) is 6.34. The lowest BCUT2D eigenvalue weighted by Gasteiger charge is -2.23. The molecule has 2 unspecified atom stereocenters. The largest absolute Gasteiger partial charge is 0.0995 e. The fourth-order valence-electron chi connectivity index (χ4n) is 3.75. The van der Waals surface area contributed by atoms with E-state index in [1.165, 1.54) is 44.9 Å². The van der Waals surface area contributed by atoms with Gasteiger partial charge in [0.1, 0.15) is 0 Å². The van der Waals surface area contributed by atoms with E-state index in [-0.39, 0.29) is 0 Å². The van der Waals surface area contributed by atoms with Gasteiger partial charge >= 0.3 is 0 Å². The van der Waals surface area contributed by atoms with Gasteiger partial charge in [-0.25, -0.2) is 0 Å². The Balaban J connectivity index is 2.44. The molecular weight excluding hydrogens is 344 g/mol. The van der Waals surface area contributed by atoms with E-state index < -0.39 is 0 Å². The SMILES string of the molecule is C=C(C)C(CCC)c1ccccc1Sc1ccccc1C(CCC)C(=C)C. The average molecular weight is 379 g/mol. The normalized spacial score (nSPS) is 13.2. The summed E-state index contributed by atoms with van der Waals surface area (Å²) in [5.74, 6) is 0.858. The molecule has 2 aromatic rings. The van der Waals surface area contributed by atoms with E-state index >= 15 is 0 Å². The molecule has 0 radical (unpaired) electrons. The minimum atomic E-state index is 0.429. The smallest absolute Gasteiger partial charge is 0.0160 e. The fraction of sp³-hybridized carbons (Fsp3) is 0.385. The molecule has 1 heteroatoms. The van der Waals surface area contributed by atoms with Gasteiger partial charge in [-0.3, -0.25) is 0 Å². The summed E-state index contributed by atoms with van der Waals surface area (Å²) in [5, 5.41) is 0. The van der Waals surface area contributed by atoms with Crippen molar-refractivity contribution < 1.29 is 0 Å². The van der Waals surface area contributed by atoms with Crippen LogP contribution in [-0.2, 0) is 0 Å². The average Bonchev–Trinajstić information content (AvgIpc) is 2.65. The standard InChI is InChI=1S/C26H34S/c1-7-13-21(19(3)4)23-15-9-11-17-25(23)27-26-18-12-10-16-24(26)22(14-8-2)20(5)6/h9-12,15-18,21-22H,3,5,7-8,13-14H2,1-2,4,6H3. The Hall–Kier alpha value is -1.73. The first-order valence-corrected chi connectivity index (χ1v) is 11.0. The zero-order valence-corrected chi connectivity index (χ0v) is 18.2. The van der Waals surface area contributed by atoms with E-state index in [4.69, 9.17) is 0 Å². The fourth-order valence-corrected chi connectivity index (χ4v) is 4.94. The van der Waals surface area contributed by atoms with Gasteiger partial charge in [-0.2, -0.15) is 0 Å². The van der Waals surface area contributed by atoms with Gasteiger partial charge in [-0.15, -0.1) is 0 Å². The number of hydrogen-bond donors (Lipinski definition) is 0. The summed E-state index contributed by atoms with van der Waals surface area (Å²) >= 11 is 1.90. The second kappa shape index (κ2) is 10.6. The predicted octanol–water partition coefficient (Wildman–Crippen LogP) is 8.76. The molecule has 2 rings (SSSR count). The second-order valence-corrected chi connectivity index (χ2v) is 8.64. The first-order valence-electron chi connectivity index (χ1n) is 10.2. The molecule has 0 nitrogen and oxygen atoms in total. The van der Waals surface area contributed by atoms with Crippen LogP contribution in [0.3, 0.4) is 0 Å². The van der Waals surface area contributed by atoms with E-state index in [0.717, 1.165) is 12.8 Å². The highest BCUT2D eigenvalue weighted by molar-refractivity contribution is 7.99. The Morgan fingerprint density at radius 1 is 0.741 bits per heavy atom. The molecular formula is C26H34S. The van der Waals surface area contributed by atoms with Crippen molar-refractivity contribution in [1.82, 2.24) is 0 Å². The summed E-state index contributed by atoms with van der Waals surface area (Å²) in [5.41, 5.74) is 5.33. The second-order valence-electron chi connectivity index (χ2n) is 7.55. The Kier molecular flexibility index (Phi) is 8.44. The maximum Gasteiger partial charge on any atom is 0.0160 e. The quantitative estimate of drug-likeness (QED) is 0.372. The Labute approximate surface area is 170 Å². The number of rotatable bonds is 10. The molecule has 0 aliphatic heterocycles. The third-order valence-electron chi connectivity index (χ3n) is 5.15. The van der Waals surface area contributed by atoms with Gasteiger partial charge in [0, 0.05) is 21.6 Å². The lowest BCUT2D eigenvalue weighted by molar-refractivity contribution is 0.676. The van der Waals surface area contributed by atoms with Crippen LogP contribution >= 0.6 is 11.8 Å². The molecule has 2 atom stereocenters. The van der Waals surface area contributed by atoms with Crippen molar-refractivity contribution in [2.45, 2.75) is 75.0 Å². The summed E-state index contributed by atoms with van der Waals surface area (Å²) in [6, 6.07) is 17.7. The van der Waals surface area contributed by atoms with E-state index in [9.17, 15) is 0 Å². The molecule has 27 heavy (non-hydrogen) atoms. The molecule has 144 valence electrons. The molecule has 0 fully saturated rings. The van der Waals surface area contributed by atoms with Gasteiger partial charge in [0.15, 0.2) is 0 Å². The topological polar surface area (TPSA) is 0 Å². The van der Waals surface area contributed by atoms with Crippen LogP contribution in [0, 0.1) is 0 Å². The van der Waals surface area contributed by atoms with Crippen LogP contribution in [0.15, 0.2) is 82.6 Å². The summed E-state index contributed by atoms with van der Waals surface area (Å²) in [6.07, 6.45) is 4.64. The van der Waals surface area contributed by atoms with Crippen molar-refractivity contribution in [3.63, 3.8) is 0 Å². The first kappa shape index (κ1) is 21.6. The highest BCUT2D eigenvalue weighted by atomic mass is 32.2. The summed E-state index contributed by atoms with van der Waals surface area (Å²) in [7, 11) is 0. The third kappa shape index (κ3) is 5.62. The highest BCUT2D eigenvalue weighted by Gasteiger charge is 2.19. The molecule has 0 bridgehead atoms. The van der Waals surface area contributed by atoms with Crippen LogP contribution in [0.5, 0.6) is 0 Å². The predicted molar refractivity (Wildman–Crippen MR) is 122 cm³/mol. The summed E-state index contributed by atoms with van der Waals surface area (Å²) in [4.78, 5) is 2.70. The van der Waals surface area contributed by atoms with Crippen LogP contribution in [0.1, 0.15) is 76.3 Å². The molecule has 0 saturated heterocycles. The molecule has 0 aliphatic rings. The summed E-state index contributed by atoms with van der Waals surface area (Å²) < 4.78 is 0. The Morgan fingerprint density at radius 3 is 1.44 bits per heavy atom. The van der Waals surface area contributed by atoms with E-state index in [1.54, 1.807) is 0 Å². The van der Waals surface area contributed by atoms with E-state index in [2.05, 4.69) is 89.4 Å². The molecule has 0 spiro atoms. The van der Waals surface area contributed by atoms with Crippen molar-refractivity contribution in [2.24, 2.45) is 0 Å². The van der Waals surface area contributed by atoms with E-state index in [0.29, 0.717) is 11.8 Å². The molecule has 0 heterocycles. The highest BCUT2D eigenvalue weighted by Crippen LogP contribution is 2.42. The Bertz CT molecular complexity index is 706. The minimum Gasteiger partial charge on any atom is -0.0995 e. The van der Waals surface area contributed by atoms with Crippen molar-refractivity contribution in [1.29, 1.82) is 0 Å². The number of hydrogen-bond acceptors (Lipinski definition) is 1. The lowest BCUT2D eigenvalue weighted by atomic mass is 9.89. The van der Waals surface area contributed by atoms with Crippen LogP contribution in [0.25, 0.3) is 0 Å². The first-order chi connectivity index (χ1) is 13.0. The number of allylic oxidation sites excluding steroid dienone is 2. The van der Waals surface area contributed by atoms with Crippen LogP contribution < -0.4 is 0 Å². The molecule has 0 N–H and O–H groups in total. The lowest BCUT2D eigenvalue weighted by Crippen LogP contribution is -2.03. The van der Waals surface area contributed by atoms with Gasteiger partial charge in [0.2, 0.25) is 0 Å². The van der Waals surface area contributed by atoms with Crippen molar-refractivity contribution in [2.75, 3.05) is 0 Å². The zero-order chi connectivity index (χ0) is 19.8. The molecule has 2 aromatic carbocycles. The molecule has 0 aromatic heterocycles. The van der Waals surface area contributed by atoms with Gasteiger partial charge in [-0.1, -0.05) is 99.2 Å². The van der Waals surface area contributed by atoms with E-state index in [1.807, 2.05) is 11.8 Å². The maximum absolute atomic E-state index is 4.27. The van der Waals surface area contributed by atoms with Crippen molar-refractivity contribution in [3.05, 3.63) is 84.0 Å². The van der Waals surface area contributed by atoms with Crippen molar-refractivity contribution in [3.8, 4) is 0 Å². The minimum absolute atomic E-state index is 0.429. The van der Waals surface area contributed by atoms with Crippen molar-refractivity contribution >= 4 is 11.8 Å². The van der Waals surface area contributed by atoms with Gasteiger partial charge < -0.3 is 0 Å². The molecule has 0 aliphatic carbocycles. The van der Waals surface area contributed by atoms with Crippen LogP contribution in [-0.4, -0.2) is 0 Å².